The smallest absolute Gasteiger partial charge is 0.321 e. The van der Waals surface area contributed by atoms with Crippen molar-refractivity contribution in [2.45, 2.75) is 18.9 Å². The van der Waals surface area contributed by atoms with Crippen LogP contribution < -0.4 is 11.1 Å². The van der Waals surface area contributed by atoms with E-state index >= 15 is 0 Å². The number of urea groups is 1. The Bertz CT molecular complexity index is 792. The molecule has 5 nitrogen and oxygen atoms in total. The largest absolute Gasteiger partial charge is 0.326 e. The Hall–Kier alpha value is -2.73. The third-order valence-electron chi connectivity index (χ3n) is 4.47. The van der Waals surface area contributed by atoms with Crippen LogP contribution in [0.5, 0.6) is 0 Å². The molecule has 2 atom stereocenters. The molecule has 0 aromatic heterocycles. The van der Waals surface area contributed by atoms with Crippen LogP contribution in [0.25, 0.3) is 0 Å². The molecule has 1 fully saturated rings. The van der Waals surface area contributed by atoms with E-state index in [1.54, 1.807) is 41.3 Å². The van der Waals surface area contributed by atoms with Gasteiger partial charge in [-0.15, -0.1) is 0 Å². The molecule has 1 aliphatic rings. The Morgan fingerprint density at radius 3 is 2.56 bits per heavy atom. The number of nitrogens with two attached hydrogens (primary N) is 1. The summed E-state index contributed by atoms with van der Waals surface area (Å²) in [6.45, 7) is 2.36. The average Bonchev–Trinajstić information content (AvgIpc) is 2.98. The summed E-state index contributed by atoms with van der Waals surface area (Å²) >= 11 is 0. The van der Waals surface area contributed by atoms with Gasteiger partial charge >= 0.3 is 6.03 Å². The van der Waals surface area contributed by atoms with Gasteiger partial charge in [0, 0.05) is 36.3 Å². The van der Waals surface area contributed by atoms with Gasteiger partial charge in [0.2, 0.25) is 0 Å². The van der Waals surface area contributed by atoms with Crippen LogP contribution in [0.2, 0.25) is 0 Å². The number of anilines is 1. The van der Waals surface area contributed by atoms with Gasteiger partial charge in [-0.3, -0.25) is 4.79 Å². The maximum atomic E-state index is 13.1. The number of hydrogen-bond donors (Lipinski definition) is 2. The first-order chi connectivity index (χ1) is 11.9. The number of halogens is 1. The fourth-order valence-electron chi connectivity index (χ4n) is 3.08. The first-order valence-corrected chi connectivity index (χ1v) is 8.12. The minimum absolute atomic E-state index is 0.0325. The summed E-state index contributed by atoms with van der Waals surface area (Å²) < 4.78 is 13.1. The molecule has 25 heavy (non-hydrogen) atoms. The molecule has 1 heterocycles. The Morgan fingerprint density at radius 1 is 1.16 bits per heavy atom. The van der Waals surface area contributed by atoms with Gasteiger partial charge in [0.25, 0.3) is 0 Å². The summed E-state index contributed by atoms with van der Waals surface area (Å²) in [5.74, 6) is -0.388. The van der Waals surface area contributed by atoms with Crippen LogP contribution in [-0.2, 0) is 0 Å². The van der Waals surface area contributed by atoms with Crippen molar-refractivity contribution in [3.63, 3.8) is 0 Å². The molecule has 0 saturated carbocycles. The Balaban J connectivity index is 1.68. The predicted octanol–water partition coefficient (Wildman–Crippen LogP) is 2.99. The molecule has 2 aromatic carbocycles. The van der Waals surface area contributed by atoms with Gasteiger partial charge in [0.15, 0.2) is 5.78 Å². The lowest BCUT2D eigenvalue weighted by Gasteiger charge is -2.17. The van der Waals surface area contributed by atoms with E-state index < -0.39 is 0 Å². The molecular weight excluding hydrogens is 321 g/mol. The fraction of sp³-hybridized carbons (Fsp3) is 0.263. The lowest BCUT2D eigenvalue weighted by Crippen LogP contribution is -2.35. The van der Waals surface area contributed by atoms with Gasteiger partial charge in [-0.25, -0.2) is 9.18 Å². The van der Waals surface area contributed by atoms with Gasteiger partial charge in [-0.2, -0.15) is 0 Å². The van der Waals surface area contributed by atoms with E-state index in [0.717, 1.165) is 5.56 Å². The van der Waals surface area contributed by atoms with Gasteiger partial charge in [-0.05, 0) is 36.8 Å². The molecule has 2 amide bonds. The van der Waals surface area contributed by atoms with Crippen molar-refractivity contribution in [2.24, 2.45) is 5.73 Å². The molecule has 2 aromatic rings. The molecule has 3 N–H and O–H groups in total. The highest BCUT2D eigenvalue weighted by molar-refractivity contribution is 5.96. The fourth-order valence-corrected chi connectivity index (χ4v) is 3.08. The molecular formula is C19H20FN3O2. The number of hydrogen-bond acceptors (Lipinski definition) is 3. The molecule has 130 valence electrons. The molecule has 6 heteroatoms. The maximum absolute atomic E-state index is 13.1. The van der Waals surface area contributed by atoms with Crippen molar-refractivity contribution in [2.75, 3.05) is 18.4 Å². The molecule has 0 unspecified atom stereocenters. The number of rotatable bonds is 3. The Morgan fingerprint density at radius 2 is 1.88 bits per heavy atom. The van der Waals surface area contributed by atoms with Gasteiger partial charge in [-0.1, -0.05) is 24.3 Å². The van der Waals surface area contributed by atoms with Crippen LogP contribution in [0.4, 0.5) is 14.9 Å². The summed E-state index contributed by atoms with van der Waals surface area (Å²) in [6, 6.07) is 12.6. The van der Waals surface area contributed by atoms with Crippen molar-refractivity contribution < 1.29 is 14.0 Å². The molecule has 0 radical (unpaired) electrons. The van der Waals surface area contributed by atoms with Crippen LogP contribution >= 0.6 is 0 Å². The van der Waals surface area contributed by atoms with E-state index in [1.807, 2.05) is 0 Å². The van der Waals surface area contributed by atoms with E-state index in [9.17, 15) is 14.0 Å². The van der Waals surface area contributed by atoms with Gasteiger partial charge in [0.05, 0.1) is 0 Å². The first-order valence-electron chi connectivity index (χ1n) is 8.12. The number of likely N-dealkylation sites (tertiary alicyclic amines) is 1. The lowest BCUT2D eigenvalue weighted by molar-refractivity contribution is 0.101. The summed E-state index contributed by atoms with van der Waals surface area (Å²) in [7, 11) is 0. The number of carbonyl (C=O) groups is 2. The molecule has 3 rings (SSSR count). The number of nitrogens with one attached hydrogen (secondary N) is 1. The topological polar surface area (TPSA) is 75.4 Å². The predicted molar refractivity (Wildman–Crippen MR) is 94.2 cm³/mol. The average molecular weight is 341 g/mol. The monoisotopic (exact) mass is 341 g/mol. The minimum Gasteiger partial charge on any atom is -0.326 e. The number of ketones is 1. The third-order valence-corrected chi connectivity index (χ3v) is 4.47. The van der Waals surface area contributed by atoms with Crippen LogP contribution in [0, 0.1) is 5.82 Å². The van der Waals surface area contributed by atoms with E-state index in [-0.39, 0.29) is 29.6 Å². The summed E-state index contributed by atoms with van der Waals surface area (Å²) in [5, 5.41) is 2.80. The highest BCUT2D eigenvalue weighted by Gasteiger charge is 2.34. The van der Waals surface area contributed by atoms with Crippen LogP contribution in [0.15, 0.2) is 48.5 Å². The summed E-state index contributed by atoms with van der Waals surface area (Å²) in [6.07, 6.45) is 0. The van der Waals surface area contributed by atoms with Crippen LogP contribution in [-0.4, -0.2) is 35.8 Å². The normalized spacial score (nSPS) is 19.7. The van der Waals surface area contributed by atoms with Crippen LogP contribution in [0.1, 0.15) is 28.8 Å². The molecule has 0 spiro atoms. The van der Waals surface area contributed by atoms with Crippen LogP contribution in [0.3, 0.4) is 0 Å². The van der Waals surface area contributed by atoms with Gasteiger partial charge < -0.3 is 16.0 Å². The highest BCUT2D eigenvalue weighted by Crippen LogP contribution is 2.27. The Labute approximate surface area is 145 Å². The van der Waals surface area contributed by atoms with E-state index in [4.69, 9.17) is 5.73 Å². The number of nitrogens with zero attached hydrogens (tertiary/aromatic N) is 1. The standard InChI is InChI=1S/C19H20FN3O2/c1-12(24)14-3-2-4-16(9-14)22-19(25)23-10-17(18(21)11-23)13-5-7-15(20)8-6-13/h2-9,17-18H,10-11,21H2,1H3,(H,22,25)/t17-,18+/m0/s1. The Kier molecular flexibility index (Phi) is 4.81. The summed E-state index contributed by atoms with van der Waals surface area (Å²) in [5.41, 5.74) is 8.20. The van der Waals surface area contributed by atoms with Crippen molar-refractivity contribution in [1.82, 2.24) is 4.90 Å². The minimum atomic E-state index is -0.296. The summed E-state index contributed by atoms with van der Waals surface area (Å²) in [4.78, 5) is 25.6. The zero-order chi connectivity index (χ0) is 18.0. The zero-order valence-electron chi connectivity index (χ0n) is 13.9. The highest BCUT2D eigenvalue weighted by atomic mass is 19.1. The second-order valence-electron chi connectivity index (χ2n) is 6.29. The number of benzene rings is 2. The second-order valence-corrected chi connectivity index (χ2v) is 6.29. The molecule has 1 aliphatic heterocycles. The zero-order valence-corrected chi connectivity index (χ0v) is 13.9. The second kappa shape index (κ2) is 7.03. The quantitative estimate of drug-likeness (QED) is 0.843. The van der Waals surface area contributed by atoms with Crippen molar-refractivity contribution >= 4 is 17.5 Å². The SMILES string of the molecule is CC(=O)c1cccc(NC(=O)N2C[C@@H](N)[C@H](c3ccc(F)cc3)C2)c1. The lowest BCUT2D eigenvalue weighted by atomic mass is 9.95. The van der Waals surface area contributed by atoms with Crippen molar-refractivity contribution in [1.29, 1.82) is 0 Å². The van der Waals surface area contributed by atoms with Gasteiger partial charge in [0.1, 0.15) is 5.82 Å². The van der Waals surface area contributed by atoms with E-state index in [0.29, 0.717) is 24.3 Å². The number of amides is 2. The van der Waals surface area contributed by atoms with Crippen molar-refractivity contribution in [3.8, 4) is 0 Å². The number of carbonyl (C=O) groups excluding carboxylic acids is 2. The molecule has 0 aliphatic carbocycles. The molecule has 0 bridgehead atoms. The van der Waals surface area contributed by atoms with E-state index in [1.165, 1.54) is 19.1 Å². The maximum Gasteiger partial charge on any atom is 0.321 e. The van der Waals surface area contributed by atoms with Crippen molar-refractivity contribution in [3.05, 3.63) is 65.5 Å². The number of Topliss-reactive ketones (excluding diaryl/α,β-unsaturated/α-hetero) is 1. The third kappa shape index (κ3) is 3.85. The molecule has 1 saturated heterocycles. The first kappa shape index (κ1) is 17.1. The van der Waals surface area contributed by atoms with E-state index in [2.05, 4.69) is 5.32 Å².